The SMILES string of the molecule is OC1c2c(C(F)(F)F)nn(F)c2CC1(F)F. The average Bonchev–Trinajstić information content (AvgIpc) is 2.51. The zero-order chi connectivity index (χ0) is 12.3. The second kappa shape index (κ2) is 2.90. The van der Waals surface area contributed by atoms with Gasteiger partial charge in [-0.2, -0.15) is 13.2 Å². The molecule has 0 saturated heterocycles. The van der Waals surface area contributed by atoms with E-state index in [1.165, 1.54) is 0 Å². The van der Waals surface area contributed by atoms with Crippen LogP contribution in [0.3, 0.4) is 0 Å². The second-order valence-electron chi connectivity index (χ2n) is 3.41. The second-order valence-corrected chi connectivity index (χ2v) is 3.41. The summed E-state index contributed by atoms with van der Waals surface area (Å²) in [5, 5.41) is 11.4. The van der Waals surface area contributed by atoms with Crippen molar-refractivity contribution in [1.82, 2.24) is 10.0 Å². The highest BCUT2D eigenvalue weighted by molar-refractivity contribution is 5.37. The molecule has 0 bridgehead atoms. The number of aromatic nitrogens is 2. The zero-order valence-corrected chi connectivity index (χ0v) is 7.39. The fraction of sp³-hybridized carbons (Fsp3) is 0.571. The van der Waals surface area contributed by atoms with E-state index in [1.54, 1.807) is 0 Å². The number of fused-ring (bicyclic) bond motifs is 1. The van der Waals surface area contributed by atoms with Gasteiger partial charge in [0.2, 0.25) is 0 Å². The molecule has 1 aliphatic rings. The molecule has 90 valence electrons. The third-order valence-electron chi connectivity index (χ3n) is 2.32. The van der Waals surface area contributed by atoms with Crippen molar-refractivity contribution in [1.29, 1.82) is 0 Å². The van der Waals surface area contributed by atoms with Crippen LogP contribution in [0.1, 0.15) is 23.1 Å². The molecule has 1 atom stereocenters. The van der Waals surface area contributed by atoms with Crippen LogP contribution >= 0.6 is 0 Å². The lowest BCUT2D eigenvalue weighted by Crippen LogP contribution is -2.24. The van der Waals surface area contributed by atoms with E-state index in [9.17, 15) is 26.4 Å². The zero-order valence-electron chi connectivity index (χ0n) is 7.39. The molecular weight excluding hydrogens is 242 g/mol. The van der Waals surface area contributed by atoms with E-state index in [4.69, 9.17) is 5.11 Å². The van der Waals surface area contributed by atoms with Crippen LogP contribution in [0, 0.1) is 0 Å². The van der Waals surface area contributed by atoms with Gasteiger partial charge in [0.05, 0.1) is 12.1 Å². The van der Waals surface area contributed by atoms with Gasteiger partial charge >= 0.3 is 6.18 Å². The molecule has 0 radical (unpaired) electrons. The van der Waals surface area contributed by atoms with Gasteiger partial charge in [0, 0.05) is 5.56 Å². The first-order valence-electron chi connectivity index (χ1n) is 4.05. The Morgan fingerprint density at radius 2 is 1.94 bits per heavy atom. The van der Waals surface area contributed by atoms with E-state index in [-0.39, 0.29) is 0 Å². The van der Waals surface area contributed by atoms with Crippen molar-refractivity contribution in [3.8, 4) is 0 Å². The van der Waals surface area contributed by atoms with Crippen molar-refractivity contribution in [2.24, 2.45) is 0 Å². The van der Waals surface area contributed by atoms with Gasteiger partial charge < -0.3 is 5.11 Å². The molecule has 0 fully saturated rings. The fourth-order valence-electron chi connectivity index (χ4n) is 1.63. The molecule has 0 aliphatic heterocycles. The number of hydrogen-bond donors (Lipinski definition) is 1. The summed E-state index contributed by atoms with van der Waals surface area (Å²) in [6.07, 6.45) is -9.06. The summed E-state index contributed by atoms with van der Waals surface area (Å²) >= 11 is 0. The first kappa shape index (κ1) is 11.2. The molecule has 3 nitrogen and oxygen atoms in total. The highest BCUT2D eigenvalue weighted by atomic mass is 19.4. The van der Waals surface area contributed by atoms with E-state index in [0.717, 1.165) is 0 Å². The summed E-state index contributed by atoms with van der Waals surface area (Å²) in [5.74, 6) is -3.80. The van der Waals surface area contributed by atoms with Crippen molar-refractivity contribution in [3.05, 3.63) is 17.0 Å². The van der Waals surface area contributed by atoms with Gasteiger partial charge in [-0.1, -0.05) is 9.39 Å². The lowest BCUT2D eigenvalue weighted by molar-refractivity contribution is -0.147. The predicted octanol–water partition coefficient (Wildman–Crippen LogP) is 1.86. The maximum atomic E-state index is 12.9. The largest absolute Gasteiger partial charge is 0.435 e. The Morgan fingerprint density at radius 3 is 2.44 bits per heavy atom. The van der Waals surface area contributed by atoms with E-state index in [1.807, 2.05) is 0 Å². The van der Waals surface area contributed by atoms with E-state index < -0.39 is 46.5 Å². The van der Waals surface area contributed by atoms with Crippen LogP contribution in [0.15, 0.2) is 0 Å². The van der Waals surface area contributed by atoms with Gasteiger partial charge in [0.1, 0.15) is 6.10 Å². The van der Waals surface area contributed by atoms with Crippen molar-refractivity contribution in [2.45, 2.75) is 24.6 Å². The summed E-state index contributed by atoms with van der Waals surface area (Å²) < 4.78 is 75.4. The standard InChI is InChI=1S/C7H4F6N2O/c8-6(9)1-2-3(5(6)16)4(7(10,11)12)14-15(2)13/h5,16H,1H2. The molecule has 1 aliphatic carbocycles. The van der Waals surface area contributed by atoms with E-state index in [2.05, 4.69) is 5.10 Å². The van der Waals surface area contributed by atoms with Crippen LogP contribution < -0.4 is 0 Å². The van der Waals surface area contributed by atoms with Gasteiger partial charge in [-0.05, 0) is 0 Å². The Labute approximate surface area is 84.2 Å². The molecule has 0 spiro atoms. The van der Waals surface area contributed by atoms with Crippen LogP contribution in [0.25, 0.3) is 0 Å². The number of alkyl halides is 5. The van der Waals surface area contributed by atoms with Crippen LogP contribution in [-0.4, -0.2) is 21.0 Å². The molecule has 1 aromatic rings. The van der Waals surface area contributed by atoms with Crippen molar-refractivity contribution >= 4 is 0 Å². The highest BCUT2D eigenvalue weighted by Gasteiger charge is 2.55. The summed E-state index contributed by atoms with van der Waals surface area (Å²) in [6.45, 7) is 0. The first-order valence-corrected chi connectivity index (χ1v) is 4.05. The molecule has 1 N–H and O–H groups in total. The molecule has 0 aromatic carbocycles. The summed E-state index contributed by atoms with van der Waals surface area (Å²) in [4.78, 5) is -0.762. The number of aliphatic hydroxyl groups excluding tert-OH is 1. The molecule has 2 rings (SSSR count). The molecule has 9 heteroatoms. The quantitative estimate of drug-likeness (QED) is 0.709. The first-order chi connectivity index (χ1) is 7.14. The van der Waals surface area contributed by atoms with Gasteiger partial charge in [0.15, 0.2) is 5.69 Å². The fourth-order valence-corrected chi connectivity index (χ4v) is 1.63. The van der Waals surface area contributed by atoms with Crippen LogP contribution in [-0.2, 0) is 12.6 Å². The number of halogens is 6. The third kappa shape index (κ3) is 1.38. The van der Waals surface area contributed by atoms with Gasteiger partial charge in [0.25, 0.3) is 5.92 Å². The van der Waals surface area contributed by atoms with Gasteiger partial charge in [-0.25, -0.2) is 8.78 Å². The van der Waals surface area contributed by atoms with Crippen molar-refractivity contribution in [3.63, 3.8) is 0 Å². The topological polar surface area (TPSA) is 38.1 Å². The average molecular weight is 246 g/mol. The third-order valence-corrected chi connectivity index (χ3v) is 2.32. The summed E-state index contributed by atoms with van der Waals surface area (Å²) in [7, 11) is 0. The van der Waals surface area contributed by atoms with Crippen LogP contribution in [0.5, 0.6) is 0 Å². The van der Waals surface area contributed by atoms with E-state index >= 15 is 0 Å². The van der Waals surface area contributed by atoms with Gasteiger partial charge in [-0.3, -0.25) is 0 Å². The molecule has 1 unspecified atom stereocenters. The van der Waals surface area contributed by atoms with Crippen molar-refractivity contribution < 1.29 is 31.5 Å². The maximum Gasteiger partial charge on any atom is 0.435 e. The molecule has 0 amide bonds. The van der Waals surface area contributed by atoms with Gasteiger partial charge in [-0.15, -0.1) is 5.10 Å². The molecule has 0 saturated carbocycles. The molecule has 1 aromatic heterocycles. The molecule has 16 heavy (non-hydrogen) atoms. The number of rotatable bonds is 0. The predicted molar refractivity (Wildman–Crippen MR) is 37.3 cm³/mol. The van der Waals surface area contributed by atoms with E-state index in [0.29, 0.717) is 0 Å². The smallest absolute Gasteiger partial charge is 0.382 e. The maximum absolute atomic E-state index is 12.9. The summed E-state index contributed by atoms with van der Waals surface area (Å²) in [6, 6.07) is 0. The monoisotopic (exact) mass is 246 g/mol. The Hall–Kier alpha value is -1.25. The summed E-state index contributed by atoms with van der Waals surface area (Å²) in [5.41, 5.74) is -3.93. The number of aliphatic hydroxyl groups is 1. The Bertz CT molecular complexity index is 437. The highest BCUT2D eigenvalue weighted by Crippen LogP contribution is 2.47. The van der Waals surface area contributed by atoms with Crippen LogP contribution in [0.2, 0.25) is 0 Å². The van der Waals surface area contributed by atoms with Crippen molar-refractivity contribution in [2.75, 3.05) is 0 Å². The minimum absolute atomic E-state index is 0.762. The lowest BCUT2D eigenvalue weighted by Gasteiger charge is -2.15. The number of nitrogens with zero attached hydrogens (tertiary/aromatic N) is 2. The Balaban J connectivity index is 2.61. The lowest BCUT2D eigenvalue weighted by atomic mass is 10.1. The minimum atomic E-state index is -5.08. The molecule has 1 heterocycles. The minimum Gasteiger partial charge on any atom is -0.382 e. The van der Waals surface area contributed by atoms with Crippen LogP contribution in [0.4, 0.5) is 26.4 Å². The molecular formula is C7H4F6N2O. The Morgan fingerprint density at radius 1 is 1.38 bits per heavy atom. The normalized spacial score (nSPS) is 23.6. The number of hydrogen-bond acceptors (Lipinski definition) is 2. The Kier molecular flexibility index (Phi) is 2.04.